The van der Waals surface area contributed by atoms with Gasteiger partial charge in [-0.2, -0.15) is 5.06 Å². The van der Waals surface area contributed by atoms with Gasteiger partial charge in [0.2, 0.25) is 0 Å². The van der Waals surface area contributed by atoms with Gasteiger partial charge < -0.3 is 15.1 Å². The summed E-state index contributed by atoms with van der Waals surface area (Å²) in [5, 5.41) is 19.2. The minimum Gasteiger partial charge on any atom is -0.389 e. The lowest BCUT2D eigenvalue weighted by Gasteiger charge is -2.11. The second-order valence-corrected chi connectivity index (χ2v) is 2.60. The van der Waals surface area contributed by atoms with E-state index in [2.05, 4.69) is 6.58 Å². The molecule has 1 fully saturated rings. The molecule has 1 heterocycles. The first-order chi connectivity index (χ1) is 5.24. The lowest BCUT2D eigenvalue weighted by atomic mass is 10.3. The molecule has 1 rings (SSSR count). The van der Waals surface area contributed by atoms with Crippen LogP contribution < -0.4 is 0 Å². The first kappa shape index (κ1) is 8.67. The summed E-state index contributed by atoms with van der Waals surface area (Å²) in [6.45, 7) is 4.53. The first-order valence-corrected chi connectivity index (χ1v) is 3.58. The van der Waals surface area contributed by atoms with E-state index < -0.39 is 6.10 Å². The zero-order valence-corrected chi connectivity index (χ0v) is 6.31. The van der Waals surface area contributed by atoms with Crippen LogP contribution in [0.15, 0.2) is 12.7 Å². The van der Waals surface area contributed by atoms with Crippen LogP contribution in [-0.4, -0.2) is 47.3 Å². The van der Waals surface area contributed by atoms with E-state index in [9.17, 15) is 5.11 Å². The number of hydrogen-bond acceptors (Lipinski definition) is 4. The standard InChI is InChI=1S/C7H13NO3/c1-2-3-11-7-5-8(10)4-6(7)9/h2,6-7,9-10H,1,3-5H2/t6-,7-/m0/s1. The number of rotatable bonds is 3. The Bertz CT molecular complexity index is 140. The van der Waals surface area contributed by atoms with Gasteiger partial charge in [-0.3, -0.25) is 0 Å². The fourth-order valence-electron chi connectivity index (χ4n) is 1.09. The molecule has 1 aliphatic rings. The van der Waals surface area contributed by atoms with Gasteiger partial charge in [0.05, 0.1) is 25.8 Å². The van der Waals surface area contributed by atoms with Crippen LogP contribution >= 0.6 is 0 Å². The van der Waals surface area contributed by atoms with Crippen molar-refractivity contribution in [1.82, 2.24) is 5.06 Å². The summed E-state index contributed by atoms with van der Waals surface area (Å²) >= 11 is 0. The predicted octanol–water partition coefficient (Wildman–Crippen LogP) is -0.377. The molecule has 0 aromatic carbocycles. The van der Waals surface area contributed by atoms with E-state index >= 15 is 0 Å². The van der Waals surface area contributed by atoms with Crippen molar-refractivity contribution in [3.8, 4) is 0 Å². The van der Waals surface area contributed by atoms with Gasteiger partial charge in [-0.1, -0.05) is 6.08 Å². The monoisotopic (exact) mass is 159 g/mol. The normalized spacial score (nSPS) is 32.5. The van der Waals surface area contributed by atoms with Crippen molar-refractivity contribution in [3.63, 3.8) is 0 Å². The molecule has 0 saturated carbocycles. The third-order valence-electron chi connectivity index (χ3n) is 1.65. The Morgan fingerprint density at radius 3 is 2.82 bits per heavy atom. The van der Waals surface area contributed by atoms with Crippen molar-refractivity contribution in [2.45, 2.75) is 12.2 Å². The third-order valence-corrected chi connectivity index (χ3v) is 1.65. The smallest absolute Gasteiger partial charge is 0.100 e. The zero-order chi connectivity index (χ0) is 8.27. The minimum absolute atomic E-state index is 0.266. The third kappa shape index (κ3) is 2.27. The van der Waals surface area contributed by atoms with Crippen molar-refractivity contribution in [2.24, 2.45) is 0 Å². The number of aliphatic hydroxyl groups excluding tert-OH is 1. The average molecular weight is 159 g/mol. The van der Waals surface area contributed by atoms with Crippen LogP contribution in [-0.2, 0) is 4.74 Å². The molecule has 11 heavy (non-hydrogen) atoms. The van der Waals surface area contributed by atoms with Gasteiger partial charge >= 0.3 is 0 Å². The Kier molecular flexibility index (Phi) is 3.02. The fraction of sp³-hybridized carbons (Fsp3) is 0.714. The number of hydrogen-bond donors (Lipinski definition) is 2. The Hall–Kier alpha value is -0.420. The van der Waals surface area contributed by atoms with E-state index in [1.54, 1.807) is 6.08 Å². The highest BCUT2D eigenvalue weighted by molar-refractivity contribution is 4.81. The molecule has 1 saturated heterocycles. The van der Waals surface area contributed by atoms with Gasteiger partial charge in [-0.05, 0) is 0 Å². The molecular formula is C7H13NO3. The molecule has 0 amide bonds. The summed E-state index contributed by atoms with van der Waals surface area (Å²) in [5.74, 6) is 0. The number of ether oxygens (including phenoxy) is 1. The number of hydroxylamine groups is 2. The maximum absolute atomic E-state index is 9.23. The molecule has 0 aromatic rings. The van der Waals surface area contributed by atoms with Crippen LogP contribution in [0.3, 0.4) is 0 Å². The Morgan fingerprint density at radius 2 is 2.36 bits per heavy atom. The molecule has 4 heteroatoms. The fourth-order valence-corrected chi connectivity index (χ4v) is 1.09. The lowest BCUT2D eigenvalue weighted by Crippen LogP contribution is -2.26. The second kappa shape index (κ2) is 3.82. The second-order valence-electron chi connectivity index (χ2n) is 2.60. The van der Waals surface area contributed by atoms with Gasteiger partial charge in [0, 0.05) is 0 Å². The maximum Gasteiger partial charge on any atom is 0.100 e. The Balaban J connectivity index is 2.28. The van der Waals surface area contributed by atoms with E-state index in [-0.39, 0.29) is 12.6 Å². The summed E-state index contributed by atoms with van der Waals surface area (Å²) in [6, 6.07) is 0. The molecule has 2 N–H and O–H groups in total. The molecule has 0 spiro atoms. The lowest BCUT2D eigenvalue weighted by molar-refractivity contribution is -0.0812. The van der Waals surface area contributed by atoms with Crippen molar-refractivity contribution in [2.75, 3.05) is 19.7 Å². The van der Waals surface area contributed by atoms with Crippen molar-refractivity contribution < 1.29 is 15.1 Å². The van der Waals surface area contributed by atoms with E-state index in [0.717, 1.165) is 5.06 Å². The van der Waals surface area contributed by atoms with Crippen LogP contribution in [0.5, 0.6) is 0 Å². The highest BCUT2D eigenvalue weighted by Gasteiger charge is 2.30. The van der Waals surface area contributed by atoms with Crippen LogP contribution in [0, 0.1) is 0 Å². The van der Waals surface area contributed by atoms with Gasteiger partial charge in [0.1, 0.15) is 6.10 Å². The Labute approximate surface area is 65.6 Å². The zero-order valence-electron chi connectivity index (χ0n) is 6.31. The van der Waals surface area contributed by atoms with E-state index in [1.807, 2.05) is 0 Å². The summed E-state index contributed by atoms with van der Waals surface area (Å²) in [7, 11) is 0. The molecule has 1 aliphatic heterocycles. The van der Waals surface area contributed by atoms with Crippen LogP contribution in [0.4, 0.5) is 0 Å². The number of aliphatic hydroxyl groups is 1. The maximum atomic E-state index is 9.23. The van der Waals surface area contributed by atoms with Gasteiger partial charge in [-0.15, -0.1) is 6.58 Å². The summed E-state index contributed by atoms with van der Waals surface area (Å²) in [4.78, 5) is 0. The van der Waals surface area contributed by atoms with Crippen LogP contribution in [0.1, 0.15) is 0 Å². The largest absolute Gasteiger partial charge is 0.389 e. The van der Waals surface area contributed by atoms with E-state index in [0.29, 0.717) is 13.2 Å². The molecule has 64 valence electrons. The summed E-state index contributed by atoms with van der Waals surface area (Å²) in [5.41, 5.74) is 0. The van der Waals surface area contributed by atoms with Crippen LogP contribution in [0.2, 0.25) is 0 Å². The molecule has 0 bridgehead atoms. The summed E-state index contributed by atoms with van der Waals surface area (Å²) < 4.78 is 5.17. The molecule has 0 aliphatic carbocycles. The van der Waals surface area contributed by atoms with Crippen molar-refractivity contribution in [3.05, 3.63) is 12.7 Å². The SMILES string of the molecule is C=CCO[C@H]1CN(O)C[C@@H]1O. The van der Waals surface area contributed by atoms with Crippen molar-refractivity contribution >= 4 is 0 Å². The minimum atomic E-state index is -0.583. The molecule has 4 nitrogen and oxygen atoms in total. The highest BCUT2D eigenvalue weighted by atomic mass is 16.5. The van der Waals surface area contributed by atoms with Crippen LogP contribution in [0.25, 0.3) is 0 Å². The van der Waals surface area contributed by atoms with Gasteiger partial charge in [-0.25, -0.2) is 0 Å². The Morgan fingerprint density at radius 1 is 1.64 bits per heavy atom. The molecule has 0 unspecified atom stereocenters. The average Bonchev–Trinajstić information content (AvgIpc) is 2.26. The summed E-state index contributed by atoms with van der Waals surface area (Å²) in [6.07, 6.45) is 0.755. The van der Waals surface area contributed by atoms with E-state index in [1.165, 1.54) is 0 Å². The number of nitrogens with zero attached hydrogens (tertiary/aromatic N) is 1. The van der Waals surface area contributed by atoms with Gasteiger partial charge in [0.25, 0.3) is 0 Å². The van der Waals surface area contributed by atoms with Gasteiger partial charge in [0.15, 0.2) is 0 Å². The molecular weight excluding hydrogens is 146 g/mol. The predicted molar refractivity (Wildman–Crippen MR) is 39.3 cm³/mol. The highest BCUT2D eigenvalue weighted by Crippen LogP contribution is 2.10. The topological polar surface area (TPSA) is 52.9 Å². The molecule has 0 radical (unpaired) electrons. The molecule has 2 atom stereocenters. The van der Waals surface area contributed by atoms with Crippen molar-refractivity contribution in [1.29, 1.82) is 0 Å². The van der Waals surface area contributed by atoms with E-state index in [4.69, 9.17) is 9.94 Å². The molecule has 0 aromatic heterocycles. The number of β-amino-alcohol motifs (C(OH)–C–C–N with tert-alkyl or cyclic N) is 1. The quantitative estimate of drug-likeness (QED) is 0.551. The first-order valence-electron chi connectivity index (χ1n) is 3.58.